The van der Waals surface area contributed by atoms with Gasteiger partial charge in [-0.25, -0.2) is 0 Å². The first-order valence-corrected chi connectivity index (χ1v) is 11.6. The molecule has 0 aliphatic carbocycles. The molecule has 9 nitrogen and oxygen atoms in total. The van der Waals surface area contributed by atoms with Gasteiger partial charge in [-0.1, -0.05) is 40.7 Å². The lowest BCUT2D eigenvalue weighted by atomic mass is 10.1. The smallest absolute Gasteiger partial charge is 0.323 e. The third-order valence-electron chi connectivity index (χ3n) is 4.86. The highest BCUT2D eigenvalue weighted by Crippen LogP contribution is 2.30. The van der Waals surface area contributed by atoms with Crippen LogP contribution in [0.15, 0.2) is 18.2 Å². The van der Waals surface area contributed by atoms with Gasteiger partial charge in [-0.15, -0.1) is 0 Å². The summed E-state index contributed by atoms with van der Waals surface area (Å²) >= 11 is 0. The first-order valence-electron chi connectivity index (χ1n) is 11.6. The summed E-state index contributed by atoms with van der Waals surface area (Å²) < 4.78 is 21.3. The summed E-state index contributed by atoms with van der Waals surface area (Å²) in [5.41, 5.74) is 6.61. The molecule has 0 radical (unpaired) electrons. The topological polar surface area (TPSA) is 131 Å². The van der Waals surface area contributed by atoms with Gasteiger partial charge >= 0.3 is 23.9 Å². The second-order valence-electron chi connectivity index (χ2n) is 8.83. The molecule has 1 aromatic carbocycles. The fourth-order valence-corrected chi connectivity index (χ4v) is 2.57. The minimum absolute atomic E-state index is 0.0654. The SMILES string of the molecule is CCCC(=O)O[C@@H](C)[C@H](C)OC(=O)[C@@H](N)Cc1ccc(OC(=O)C(C)C)c(OC(=O)C(C)C)c1. The Balaban J connectivity index is 2.91. The molecule has 3 atom stereocenters. The van der Waals surface area contributed by atoms with Gasteiger partial charge in [-0.2, -0.15) is 0 Å². The maximum atomic E-state index is 12.5. The predicted octanol–water partition coefficient (Wildman–Crippen LogP) is 3.34. The molecule has 0 bridgehead atoms. The number of ether oxygens (including phenoxy) is 4. The zero-order valence-corrected chi connectivity index (χ0v) is 21.1. The summed E-state index contributed by atoms with van der Waals surface area (Å²) in [4.78, 5) is 48.3. The number of carbonyl (C=O) groups excluding carboxylic acids is 4. The fraction of sp³-hybridized carbons (Fsp3) is 0.600. The molecule has 0 saturated heterocycles. The number of benzene rings is 1. The zero-order chi connectivity index (χ0) is 26.0. The Bertz CT molecular complexity index is 864. The molecule has 9 heteroatoms. The average molecular weight is 480 g/mol. The van der Waals surface area contributed by atoms with E-state index in [0.29, 0.717) is 12.0 Å². The lowest BCUT2D eigenvalue weighted by Gasteiger charge is -2.22. The van der Waals surface area contributed by atoms with Crippen LogP contribution >= 0.6 is 0 Å². The molecule has 0 heterocycles. The van der Waals surface area contributed by atoms with Crippen molar-refractivity contribution in [1.82, 2.24) is 0 Å². The Morgan fingerprint density at radius 1 is 0.794 bits per heavy atom. The van der Waals surface area contributed by atoms with E-state index in [1.54, 1.807) is 47.6 Å². The number of carbonyl (C=O) groups is 4. The van der Waals surface area contributed by atoms with Crippen LogP contribution in [-0.2, 0) is 35.1 Å². The Morgan fingerprint density at radius 3 is 1.85 bits per heavy atom. The van der Waals surface area contributed by atoms with Crippen LogP contribution in [0.5, 0.6) is 11.5 Å². The van der Waals surface area contributed by atoms with Gasteiger partial charge in [-0.05, 0) is 44.4 Å². The highest BCUT2D eigenvalue weighted by Gasteiger charge is 2.25. The van der Waals surface area contributed by atoms with Gasteiger partial charge in [0.05, 0.1) is 11.8 Å². The summed E-state index contributed by atoms with van der Waals surface area (Å²) in [6.45, 7) is 11.9. The van der Waals surface area contributed by atoms with Gasteiger partial charge < -0.3 is 24.7 Å². The van der Waals surface area contributed by atoms with Crippen LogP contribution in [0.3, 0.4) is 0 Å². The molecule has 0 aliphatic rings. The number of rotatable bonds is 12. The van der Waals surface area contributed by atoms with Gasteiger partial charge in [0, 0.05) is 6.42 Å². The molecule has 0 aromatic heterocycles. The predicted molar refractivity (Wildman–Crippen MR) is 125 cm³/mol. The molecule has 1 aromatic rings. The van der Waals surface area contributed by atoms with Gasteiger partial charge in [0.1, 0.15) is 18.2 Å². The van der Waals surface area contributed by atoms with E-state index in [4.69, 9.17) is 24.7 Å². The molecule has 0 amide bonds. The number of hydrogen-bond donors (Lipinski definition) is 1. The normalized spacial score (nSPS) is 13.7. The van der Waals surface area contributed by atoms with E-state index in [-0.39, 0.29) is 36.2 Å². The number of hydrogen-bond acceptors (Lipinski definition) is 9. The van der Waals surface area contributed by atoms with Gasteiger partial charge in [0.15, 0.2) is 11.5 Å². The fourth-order valence-electron chi connectivity index (χ4n) is 2.57. The molecule has 0 aliphatic heterocycles. The van der Waals surface area contributed by atoms with E-state index >= 15 is 0 Å². The average Bonchev–Trinajstić information content (AvgIpc) is 2.75. The van der Waals surface area contributed by atoms with Crippen LogP contribution in [0.4, 0.5) is 0 Å². The van der Waals surface area contributed by atoms with Crippen molar-refractivity contribution < 1.29 is 38.1 Å². The van der Waals surface area contributed by atoms with Crippen LogP contribution in [0.1, 0.15) is 66.9 Å². The van der Waals surface area contributed by atoms with E-state index in [1.807, 2.05) is 6.92 Å². The molecule has 2 N–H and O–H groups in total. The van der Waals surface area contributed by atoms with E-state index in [9.17, 15) is 19.2 Å². The third-order valence-corrected chi connectivity index (χ3v) is 4.86. The van der Waals surface area contributed by atoms with Crippen molar-refractivity contribution in [3.05, 3.63) is 23.8 Å². The van der Waals surface area contributed by atoms with E-state index in [2.05, 4.69) is 0 Å². The van der Waals surface area contributed by atoms with Crippen molar-refractivity contribution in [1.29, 1.82) is 0 Å². The first kappa shape index (κ1) is 29.1. The van der Waals surface area contributed by atoms with E-state index in [1.165, 1.54) is 12.1 Å². The molecule has 0 spiro atoms. The molecular formula is C25H37NO8. The molecule has 0 saturated carbocycles. The van der Waals surface area contributed by atoms with Gasteiger partial charge in [0.2, 0.25) is 0 Å². The van der Waals surface area contributed by atoms with Crippen LogP contribution in [0.25, 0.3) is 0 Å². The van der Waals surface area contributed by atoms with Crippen molar-refractivity contribution in [2.24, 2.45) is 17.6 Å². The highest BCUT2D eigenvalue weighted by atomic mass is 16.6. The van der Waals surface area contributed by atoms with Crippen molar-refractivity contribution >= 4 is 23.9 Å². The Morgan fingerprint density at radius 2 is 1.32 bits per heavy atom. The number of esters is 4. The largest absolute Gasteiger partial charge is 0.459 e. The van der Waals surface area contributed by atoms with E-state index in [0.717, 1.165) is 0 Å². The van der Waals surface area contributed by atoms with Crippen LogP contribution in [0.2, 0.25) is 0 Å². The van der Waals surface area contributed by atoms with Crippen LogP contribution in [-0.4, -0.2) is 42.1 Å². The monoisotopic (exact) mass is 479 g/mol. The molecular weight excluding hydrogens is 442 g/mol. The minimum Gasteiger partial charge on any atom is -0.459 e. The minimum atomic E-state index is -1.02. The molecule has 1 rings (SSSR count). The summed E-state index contributed by atoms with van der Waals surface area (Å²) in [6.07, 6.45) is -0.266. The van der Waals surface area contributed by atoms with Gasteiger partial charge in [0.25, 0.3) is 0 Å². The summed E-state index contributed by atoms with van der Waals surface area (Å²) in [5.74, 6) is -2.60. The maximum Gasteiger partial charge on any atom is 0.323 e. The van der Waals surface area contributed by atoms with Crippen molar-refractivity contribution in [2.45, 2.75) is 86.0 Å². The first-order chi connectivity index (χ1) is 15.8. The van der Waals surface area contributed by atoms with E-state index < -0.39 is 42.1 Å². The Kier molecular flexibility index (Phi) is 11.7. The second-order valence-corrected chi connectivity index (χ2v) is 8.83. The lowest BCUT2D eigenvalue weighted by molar-refractivity contribution is -0.166. The lowest BCUT2D eigenvalue weighted by Crippen LogP contribution is -2.39. The van der Waals surface area contributed by atoms with Crippen LogP contribution in [0, 0.1) is 11.8 Å². The van der Waals surface area contributed by atoms with Crippen LogP contribution < -0.4 is 15.2 Å². The van der Waals surface area contributed by atoms with Crippen molar-refractivity contribution in [3.63, 3.8) is 0 Å². The molecule has 34 heavy (non-hydrogen) atoms. The second kappa shape index (κ2) is 13.7. The molecule has 190 valence electrons. The van der Waals surface area contributed by atoms with Crippen molar-refractivity contribution in [2.75, 3.05) is 0 Å². The van der Waals surface area contributed by atoms with Gasteiger partial charge in [-0.3, -0.25) is 19.2 Å². The number of nitrogens with two attached hydrogens (primary N) is 1. The zero-order valence-electron chi connectivity index (χ0n) is 21.1. The summed E-state index contributed by atoms with van der Waals surface area (Å²) in [5, 5.41) is 0. The summed E-state index contributed by atoms with van der Waals surface area (Å²) in [6, 6.07) is 3.61. The van der Waals surface area contributed by atoms with Crippen molar-refractivity contribution in [3.8, 4) is 11.5 Å². The third kappa shape index (κ3) is 9.51. The molecule has 0 unspecified atom stereocenters. The Labute approximate surface area is 201 Å². The standard InChI is InChI=1S/C25H37NO8/c1-8-9-22(27)31-16(6)17(7)32-25(30)19(26)12-18-10-11-20(33-23(28)14(2)3)21(13-18)34-24(29)15(4)5/h10-11,13-17,19H,8-9,12,26H2,1-7H3/t16-,17-,19-/m0/s1. The summed E-state index contributed by atoms with van der Waals surface area (Å²) in [7, 11) is 0. The maximum absolute atomic E-state index is 12.5. The Hall–Kier alpha value is -2.94. The highest BCUT2D eigenvalue weighted by molar-refractivity contribution is 5.78. The quantitative estimate of drug-likeness (QED) is 0.354. The molecule has 0 fully saturated rings.